The van der Waals surface area contributed by atoms with Crippen molar-refractivity contribution in [1.82, 2.24) is 4.90 Å². The van der Waals surface area contributed by atoms with Crippen LogP contribution in [-0.4, -0.2) is 22.0 Å². The summed E-state index contributed by atoms with van der Waals surface area (Å²) in [4.78, 5) is 24.6. The lowest BCUT2D eigenvalue weighted by molar-refractivity contribution is 0.0578. The van der Waals surface area contributed by atoms with Gasteiger partial charge in [0.15, 0.2) is 0 Å². The Labute approximate surface area is 119 Å². The Morgan fingerprint density at radius 3 is 2.68 bits per heavy atom. The summed E-state index contributed by atoms with van der Waals surface area (Å²) in [6.45, 7) is 7.42. The van der Waals surface area contributed by atoms with Crippen LogP contribution < -0.4 is 0 Å². The Kier molecular flexibility index (Phi) is 3.26. The van der Waals surface area contributed by atoms with E-state index in [0.717, 1.165) is 20.5 Å². The van der Waals surface area contributed by atoms with E-state index in [4.69, 9.17) is 0 Å². The Balaban J connectivity index is 2.67. The third kappa shape index (κ3) is 2.08. The predicted molar refractivity (Wildman–Crippen MR) is 75.1 cm³/mol. The summed E-state index contributed by atoms with van der Waals surface area (Å²) in [5.74, 6) is -0.473. The van der Waals surface area contributed by atoms with Gasteiger partial charge in [-0.05, 0) is 44.0 Å². The monoisotopic (exact) mass is 323 g/mol. The molecular weight excluding hydrogens is 310 g/mol. The average molecular weight is 324 g/mol. The fourth-order valence-electron chi connectivity index (χ4n) is 2.67. The normalized spacial score (nSPS) is 21.4. The summed E-state index contributed by atoms with van der Waals surface area (Å²) in [6.07, 6.45) is -0.824. The number of hydrogen-bond donors (Lipinski definition) is 1. The highest BCUT2D eigenvalue weighted by Gasteiger charge is 2.49. The number of carbonyl (C=O) groups is 2. The molecule has 1 aromatic rings. The Hall–Kier alpha value is -1.62. The van der Waals surface area contributed by atoms with Crippen LogP contribution in [0.1, 0.15) is 36.2 Å². The molecule has 1 heterocycles. The maximum absolute atomic E-state index is 12.2. The van der Waals surface area contributed by atoms with Crippen LogP contribution >= 0.6 is 15.9 Å². The van der Waals surface area contributed by atoms with E-state index in [0.29, 0.717) is 12.0 Å². The molecule has 0 aromatic heterocycles. The summed E-state index contributed by atoms with van der Waals surface area (Å²) >= 11 is 3.36. The molecule has 1 aliphatic rings. The molecule has 1 N–H and O–H groups in total. The highest BCUT2D eigenvalue weighted by molar-refractivity contribution is 9.10. The van der Waals surface area contributed by atoms with Crippen LogP contribution in [0.4, 0.5) is 4.79 Å². The third-order valence-electron chi connectivity index (χ3n) is 3.33. The lowest BCUT2D eigenvalue weighted by atomic mass is 9.86. The van der Waals surface area contributed by atoms with E-state index in [1.807, 2.05) is 6.92 Å². The van der Waals surface area contributed by atoms with Crippen LogP contribution in [0.25, 0.3) is 0 Å². The first-order valence-electron chi connectivity index (χ1n) is 5.79. The minimum absolute atomic E-state index is 0.411. The van der Waals surface area contributed by atoms with Gasteiger partial charge >= 0.3 is 6.09 Å². The first-order valence-corrected chi connectivity index (χ1v) is 6.58. The van der Waals surface area contributed by atoms with Crippen molar-refractivity contribution in [2.45, 2.75) is 25.8 Å². The molecule has 1 unspecified atom stereocenters. The second-order valence-corrected chi connectivity index (χ2v) is 5.94. The number of halogens is 1. The van der Waals surface area contributed by atoms with E-state index in [2.05, 4.69) is 22.5 Å². The maximum atomic E-state index is 12.2. The molecule has 1 atom stereocenters. The molecule has 4 nitrogen and oxygen atoms in total. The number of nitrogens with zero attached hydrogens (tertiary/aromatic N) is 1. The number of imide groups is 1. The molecule has 0 bridgehead atoms. The highest BCUT2D eigenvalue weighted by Crippen LogP contribution is 2.43. The maximum Gasteiger partial charge on any atom is 0.415 e. The van der Waals surface area contributed by atoms with Crippen molar-refractivity contribution in [3.8, 4) is 0 Å². The molecule has 0 spiro atoms. The van der Waals surface area contributed by atoms with Gasteiger partial charge in [-0.2, -0.15) is 0 Å². The zero-order chi connectivity index (χ0) is 14.4. The zero-order valence-electron chi connectivity index (χ0n) is 10.7. The number of rotatable bonds is 2. The van der Waals surface area contributed by atoms with Crippen LogP contribution in [0.15, 0.2) is 34.8 Å². The molecule has 100 valence electrons. The first-order chi connectivity index (χ1) is 8.77. The van der Waals surface area contributed by atoms with Gasteiger partial charge in [0.1, 0.15) is 0 Å². The second kappa shape index (κ2) is 4.49. The Morgan fingerprint density at radius 1 is 1.53 bits per heavy atom. The molecule has 0 aliphatic carbocycles. The fourth-order valence-corrected chi connectivity index (χ4v) is 3.03. The van der Waals surface area contributed by atoms with Crippen molar-refractivity contribution in [3.05, 3.63) is 46.0 Å². The van der Waals surface area contributed by atoms with Crippen molar-refractivity contribution in [1.29, 1.82) is 0 Å². The largest absolute Gasteiger partial charge is 0.465 e. The first kappa shape index (κ1) is 13.8. The smallest absolute Gasteiger partial charge is 0.415 e. The molecular formula is C14H14BrNO3. The SMILES string of the molecule is C=C(C)CC1(C)c2cc(Br)ccc2C(=O)N1C(=O)O. The third-order valence-corrected chi connectivity index (χ3v) is 3.82. The topological polar surface area (TPSA) is 57.6 Å². The molecule has 2 amide bonds. The van der Waals surface area contributed by atoms with Crippen LogP contribution in [0, 0.1) is 0 Å². The van der Waals surface area contributed by atoms with Crippen molar-refractivity contribution in [3.63, 3.8) is 0 Å². The second-order valence-electron chi connectivity index (χ2n) is 5.02. The number of amides is 2. The summed E-state index contributed by atoms with van der Waals surface area (Å²) in [6, 6.07) is 5.20. The van der Waals surface area contributed by atoms with Crippen molar-refractivity contribution in [2.24, 2.45) is 0 Å². The lowest BCUT2D eigenvalue weighted by Crippen LogP contribution is -2.45. The molecule has 19 heavy (non-hydrogen) atoms. The molecule has 2 rings (SSSR count). The number of fused-ring (bicyclic) bond motifs is 1. The van der Waals surface area contributed by atoms with Gasteiger partial charge in [-0.1, -0.05) is 21.5 Å². The molecule has 5 heteroatoms. The van der Waals surface area contributed by atoms with Crippen molar-refractivity contribution >= 4 is 27.9 Å². The summed E-state index contributed by atoms with van der Waals surface area (Å²) in [7, 11) is 0. The van der Waals surface area contributed by atoms with Crippen molar-refractivity contribution in [2.75, 3.05) is 0 Å². The van der Waals surface area contributed by atoms with Gasteiger partial charge in [-0.25, -0.2) is 9.69 Å². The van der Waals surface area contributed by atoms with E-state index in [1.165, 1.54) is 0 Å². The number of carbonyl (C=O) groups excluding carboxylic acids is 1. The molecule has 1 aliphatic heterocycles. The standard InChI is InChI=1S/C14H14BrNO3/c1-8(2)7-14(3)11-6-9(15)4-5-10(11)12(17)16(14)13(18)19/h4-6H,1,7H2,2-3H3,(H,18,19). The minimum atomic E-state index is -1.24. The minimum Gasteiger partial charge on any atom is -0.465 e. The van der Waals surface area contributed by atoms with Gasteiger partial charge in [0, 0.05) is 10.0 Å². The molecule has 0 saturated carbocycles. The number of benzene rings is 1. The summed E-state index contributed by atoms with van der Waals surface area (Å²) in [5, 5.41) is 9.34. The molecule has 0 fully saturated rings. The van der Waals surface area contributed by atoms with E-state index < -0.39 is 17.5 Å². The van der Waals surface area contributed by atoms with E-state index in [1.54, 1.807) is 25.1 Å². The Bertz CT molecular complexity index is 596. The van der Waals surface area contributed by atoms with Crippen LogP contribution in [0.3, 0.4) is 0 Å². The average Bonchev–Trinajstić information content (AvgIpc) is 2.46. The fraction of sp³-hybridized carbons (Fsp3) is 0.286. The highest BCUT2D eigenvalue weighted by atomic mass is 79.9. The number of hydrogen-bond acceptors (Lipinski definition) is 2. The van der Waals surface area contributed by atoms with Gasteiger partial charge < -0.3 is 5.11 Å². The van der Waals surface area contributed by atoms with E-state index in [-0.39, 0.29) is 0 Å². The molecule has 1 aromatic carbocycles. The van der Waals surface area contributed by atoms with Gasteiger partial charge in [-0.15, -0.1) is 6.58 Å². The Morgan fingerprint density at radius 2 is 2.16 bits per heavy atom. The molecule has 0 radical (unpaired) electrons. The zero-order valence-corrected chi connectivity index (χ0v) is 12.3. The summed E-state index contributed by atoms with van der Waals surface area (Å²) < 4.78 is 0.819. The predicted octanol–water partition coefficient (Wildman–Crippen LogP) is 3.76. The van der Waals surface area contributed by atoms with Crippen LogP contribution in [-0.2, 0) is 5.54 Å². The van der Waals surface area contributed by atoms with E-state index in [9.17, 15) is 14.7 Å². The lowest BCUT2D eigenvalue weighted by Gasteiger charge is -2.32. The van der Waals surface area contributed by atoms with Gasteiger partial charge in [-0.3, -0.25) is 4.79 Å². The van der Waals surface area contributed by atoms with E-state index >= 15 is 0 Å². The quantitative estimate of drug-likeness (QED) is 0.843. The van der Waals surface area contributed by atoms with Crippen LogP contribution in [0.2, 0.25) is 0 Å². The van der Waals surface area contributed by atoms with Gasteiger partial charge in [0.2, 0.25) is 0 Å². The molecule has 0 saturated heterocycles. The number of carboxylic acid groups (broad SMARTS) is 1. The van der Waals surface area contributed by atoms with Crippen LogP contribution in [0.5, 0.6) is 0 Å². The van der Waals surface area contributed by atoms with Gasteiger partial charge in [0.05, 0.1) is 5.54 Å². The van der Waals surface area contributed by atoms with Crippen molar-refractivity contribution < 1.29 is 14.7 Å². The summed E-state index contributed by atoms with van der Waals surface area (Å²) in [5.41, 5.74) is 1.09. The van der Waals surface area contributed by atoms with Gasteiger partial charge in [0.25, 0.3) is 5.91 Å².